The normalized spacial score (nSPS) is 23.8. The van der Waals surface area contributed by atoms with Gasteiger partial charge in [-0.15, -0.1) is 0 Å². The van der Waals surface area contributed by atoms with Crippen molar-refractivity contribution in [3.63, 3.8) is 0 Å². The Hall–Kier alpha value is -0.570. The Kier molecular flexibility index (Phi) is 2.68. The molecule has 54 valence electrons. The molecule has 1 atom stereocenters. The lowest BCUT2D eigenvalue weighted by Crippen LogP contribution is -2.16. The van der Waals surface area contributed by atoms with E-state index in [0.717, 1.165) is 12.8 Å². The first-order valence-corrected chi connectivity index (χ1v) is 3.49. The average Bonchev–Trinajstić information content (AvgIpc) is 2.38. The average molecular weight is 157 g/mol. The largest absolute Gasteiger partial charge is 0.368 e. The van der Waals surface area contributed by atoms with Crippen LogP contribution < -0.4 is 0 Å². The second kappa shape index (κ2) is 3.56. The van der Waals surface area contributed by atoms with Crippen LogP contribution in [0.4, 0.5) is 0 Å². The molecule has 0 aromatic heterocycles. The van der Waals surface area contributed by atoms with Gasteiger partial charge in [-0.2, -0.15) is 4.99 Å². The SMILES string of the molecule is O=C(N=C=S)[C@@H]1CCCO1. The van der Waals surface area contributed by atoms with Crippen LogP contribution in [-0.2, 0) is 9.53 Å². The van der Waals surface area contributed by atoms with E-state index in [2.05, 4.69) is 17.2 Å². The van der Waals surface area contributed by atoms with E-state index in [0.29, 0.717) is 6.61 Å². The molecule has 1 amide bonds. The maximum absolute atomic E-state index is 10.8. The van der Waals surface area contributed by atoms with E-state index in [1.807, 2.05) is 5.16 Å². The second-order valence-corrected chi connectivity index (χ2v) is 2.23. The van der Waals surface area contributed by atoms with Crippen LogP contribution in [0.5, 0.6) is 0 Å². The Balaban J connectivity index is 2.47. The van der Waals surface area contributed by atoms with Gasteiger partial charge in [0.1, 0.15) is 6.10 Å². The molecule has 1 fully saturated rings. The van der Waals surface area contributed by atoms with Crippen LogP contribution in [0.1, 0.15) is 12.8 Å². The Morgan fingerprint density at radius 2 is 2.60 bits per heavy atom. The third-order valence-electron chi connectivity index (χ3n) is 1.36. The number of carbonyl (C=O) groups is 1. The molecule has 0 unspecified atom stereocenters. The summed E-state index contributed by atoms with van der Waals surface area (Å²) in [4.78, 5) is 14.1. The van der Waals surface area contributed by atoms with Crippen LogP contribution in [0, 0.1) is 0 Å². The number of rotatable bonds is 1. The standard InChI is InChI=1S/C6H7NO2S/c8-6(7-4-10)5-2-1-3-9-5/h5H,1-3H2/t5-/m0/s1. The van der Waals surface area contributed by atoms with Crippen molar-refractivity contribution >= 4 is 23.3 Å². The number of hydrogen-bond donors (Lipinski definition) is 0. The highest BCUT2D eigenvalue weighted by atomic mass is 32.1. The molecule has 0 N–H and O–H groups in total. The summed E-state index contributed by atoms with van der Waals surface area (Å²) < 4.78 is 5.04. The van der Waals surface area contributed by atoms with Gasteiger partial charge in [0.05, 0.1) is 5.16 Å². The fourth-order valence-electron chi connectivity index (χ4n) is 0.889. The minimum absolute atomic E-state index is 0.299. The van der Waals surface area contributed by atoms with Crippen molar-refractivity contribution in [3.8, 4) is 0 Å². The molecular weight excluding hydrogens is 150 g/mol. The fraction of sp³-hybridized carbons (Fsp3) is 0.667. The smallest absolute Gasteiger partial charge is 0.283 e. The summed E-state index contributed by atoms with van der Waals surface area (Å²) in [6, 6.07) is 0. The molecule has 1 rings (SSSR count). The van der Waals surface area contributed by atoms with E-state index in [4.69, 9.17) is 4.74 Å². The monoisotopic (exact) mass is 157 g/mol. The Labute approximate surface area is 64.1 Å². The number of nitrogens with zero attached hydrogens (tertiary/aromatic N) is 1. The molecule has 1 heterocycles. The maximum Gasteiger partial charge on any atom is 0.283 e. The van der Waals surface area contributed by atoms with Crippen molar-refractivity contribution in [1.82, 2.24) is 0 Å². The van der Waals surface area contributed by atoms with Gasteiger partial charge in [0.2, 0.25) is 0 Å². The Bertz CT molecular complexity index is 180. The zero-order chi connectivity index (χ0) is 7.40. The lowest BCUT2D eigenvalue weighted by molar-refractivity contribution is -0.126. The van der Waals surface area contributed by atoms with Crippen molar-refractivity contribution in [1.29, 1.82) is 0 Å². The van der Waals surface area contributed by atoms with Gasteiger partial charge in [0, 0.05) is 6.61 Å². The van der Waals surface area contributed by atoms with E-state index in [1.165, 1.54) is 0 Å². The topological polar surface area (TPSA) is 38.7 Å². The number of carbonyl (C=O) groups excluding carboxylic acids is 1. The lowest BCUT2D eigenvalue weighted by atomic mass is 10.2. The summed E-state index contributed by atoms with van der Waals surface area (Å²) in [5, 5.41) is 2.02. The number of isothiocyanates is 1. The third kappa shape index (κ3) is 1.70. The number of aliphatic imine (C=N–C) groups is 1. The van der Waals surface area contributed by atoms with Gasteiger partial charge in [-0.1, -0.05) is 0 Å². The quantitative estimate of drug-likeness (QED) is 0.417. The molecule has 1 aliphatic heterocycles. The van der Waals surface area contributed by atoms with Gasteiger partial charge in [0.25, 0.3) is 5.91 Å². The van der Waals surface area contributed by atoms with Gasteiger partial charge in [-0.05, 0) is 25.1 Å². The molecule has 4 heteroatoms. The third-order valence-corrected chi connectivity index (χ3v) is 1.45. The fourth-order valence-corrected chi connectivity index (χ4v) is 0.979. The molecule has 0 aromatic carbocycles. The molecule has 0 spiro atoms. The van der Waals surface area contributed by atoms with Crippen molar-refractivity contribution in [2.75, 3.05) is 6.61 Å². The predicted molar refractivity (Wildman–Crippen MR) is 39.0 cm³/mol. The molecule has 1 aliphatic rings. The van der Waals surface area contributed by atoms with Crippen molar-refractivity contribution < 1.29 is 9.53 Å². The highest BCUT2D eigenvalue weighted by Crippen LogP contribution is 2.12. The summed E-state index contributed by atoms with van der Waals surface area (Å²) >= 11 is 4.27. The summed E-state index contributed by atoms with van der Waals surface area (Å²) in [6.45, 7) is 0.656. The summed E-state index contributed by atoms with van der Waals surface area (Å²) in [5.74, 6) is -0.299. The molecule has 0 saturated carbocycles. The summed E-state index contributed by atoms with van der Waals surface area (Å²) in [7, 11) is 0. The van der Waals surface area contributed by atoms with Crippen molar-refractivity contribution in [2.24, 2.45) is 4.99 Å². The van der Waals surface area contributed by atoms with E-state index >= 15 is 0 Å². The summed E-state index contributed by atoms with van der Waals surface area (Å²) in [5.41, 5.74) is 0. The van der Waals surface area contributed by atoms with Gasteiger partial charge in [0.15, 0.2) is 0 Å². The first-order valence-electron chi connectivity index (χ1n) is 3.08. The van der Waals surface area contributed by atoms with Crippen LogP contribution in [0.25, 0.3) is 0 Å². The zero-order valence-corrected chi connectivity index (χ0v) is 6.19. The van der Waals surface area contributed by atoms with Gasteiger partial charge in [-0.3, -0.25) is 4.79 Å². The number of ether oxygens (including phenoxy) is 1. The van der Waals surface area contributed by atoms with Gasteiger partial charge >= 0.3 is 0 Å². The minimum Gasteiger partial charge on any atom is -0.368 e. The number of amides is 1. The van der Waals surface area contributed by atoms with Crippen LogP contribution in [0.15, 0.2) is 4.99 Å². The molecule has 0 aliphatic carbocycles. The summed E-state index contributed by atoms with van der Waals surface area (Å²) in [6.07, 6.45) is 1.35. The number of thiocarbonyl (C=S) groups is 1. The molecular formula is C6H7NO2S. The predicted octanol–water partition coefficient (Wildman–Crippen LogP) is 0.795. The molecule has 1 saturated heterocycles. The van der Waals surface area contributed by atoms with E-state index in [9.17, 15) is 4.79 Å². The molecule has 10 heavy (non-hydrogen) atoms. The van der Waals surface area contributed by atoms with Crippen LogP contribution in [0.3, 0.4) is 0 Å². The number of hydrogen-bond acceptors (Lipinski definition) is 3. The highest BCUT2D eigenvalue weighted by molar-refractivity contribution is 7.78. The molecule has 0 radical (unpaired) electrons. The second-order valence-electron chi connectivity index (χ2n) is 2.04. The van der Waals surface area contributed by atoms with E-state index < -0.39 is 0 Å². The lowest BCUT2D eigenvalue weighted by Gasteiger charge is -1.99. The van der Waals surface area contributed by atoms with Crippen molar-refractivity contribution in [2.45, 2.75) is 18.9 Å². The first kappa shape index (κ1) is 7.54. The Morgan fingerprint density at radius 3 is 3.10 bits per heavy atom. The van der Waals surface area contributed by atoms with E-state index in [-0.39, 0.29) is 12.0 Å². The maximum atomic E-state index is 10.8. The minimum atomic E-state index is -0.351. The highest BCUT2D eigenvalue weighted by Gasteiger charge is 2.22. The van der Waals surface area contributed by atoms with Crippen LogP contribution in [-0.4, -0.2) is 23.8 Å². The van der Waals surface area contributed by atoms with Gasteiger partial charge in [-0.25, -0.2) is 0 Å². The molecule has 0 aromatic rings. The zero-order valence-electron chi connectivity index (χ0n) is 5.37. The van der Waals surface area contributed by atoms with Crippen LogP contribution >= 0.6 is 12.2 Å². The van der Waals surface area contributed by atoms with Gasteiger partial charge < -0.3 is 4.74 Å². The Morgan fingerprint density at radius 1 is 1.80 bits per heavy atom. The molecule has 3 nitrogen and oxygen atoms in total. The first-order chi connectivity index (χ1) is 4.84. The van der Waals surface area contributed by atoms with Crippen LogP contribution in [0.2, 0.25) is 0 Å². The van der Waals surface area contributed by atoms with E-state index in [1.54, 1.807) is 0 Å². The van der Waals surface area contributed by atoms with Crippen molar-refractivity contribution in [3.05, 3.63) is 0 Å². The molecule has 0 bridgehead atoms.